The second-order valence-corrected chi connectivity index (χ2v) is 4.26. The van der Waals surface area contributed by atoms with Crippen molar-refractivity contribution in [1.82, 2.24) is 10.6 Å². The van der Waals surface area contributed by atoms with Gasteiger partial charge in [0.1, 0.15) is 6.04 Å². The maximum absolute atomic E-state index is 11.2. The van der Waals surface area contributed by atoms with Gasteiger partial charge in [0.25, 0.3) is 0 Å². The van der Waals surface area contributed by atoms with E-state index in [0.717, 1.165) is 0 Å². The van der Waals surface area contributed by atoms with Crippen LogP contribution in [0, 0.1) is 5.92 Å². The van der Waals surface area contributed by atoms with Gasteiger partial charge < -0.3 is 15.7 Å². The normalized spacial score (nSPS) is 14.3. The summed E-state index contributed by atoms with van der Waals surface area (Å²) >= 11 is 1.57. The Labute approximate surface area is 94.0 Å². The molecule has 3 N–H and O–H groups in total. The number of hydrogen-bond acceptors (Lipinski definition) is 4. The smallest absolute Gasteiger partial charge is 0.326 e. The fourth-order valence-corrected chi connectivity index (χ4v) is 1.91. The summed E-state index contributed by atoms with van der Waals surface area (Å²) in [6.07, 6.45) is 1.91. The van der Waals surface area contributed by atoms with Crippen LogP contribution in [0.4, 0.5) is 0 Å². The molecular weight excluding hydrogens is 216 g/mol. The maximum atomic E-state index is 11.2. The van der Waals surface area contributed by atoms with Crippen molar-refractivity contribution in [3.05, 3.63) is 0 Å². The number of rotatable bonds is 7. The van der Waals surface area contributed by atoms with Crippen molar-refractivity contribution in [2.45, 2.75) is 13.0 Å². The Hall–Kier alpha value is -0.750. The summed E-state index contributed by atoms with van der Waals surface area (Å²) in [5.41, 5.74) is 0. The zero-order valence-electron chi connectivity index (χ0n) is 9.24. The molecule has 0 spiro atoms. The monoisotopic (exact) mass is 234 g/mol. The molecule has 0 radical (unpaired) electrons. The van der Waals surface area contributed by atoms with E-state index in [2.05, 4.69) is 10.6 Å². The van der Waals surface area contributed by atoms with Crippen molar-refractivity contribution in [2.75, 3.05) is 25.6 Å². The van der Waals surface area contributed by atoms with Gasteiger partial charge in [-0.2, -0.15) is 11.8 Å². The molecule has 1 amide bonds. The summed E-state index contributed by atoms with van der Waals surface area (Å²) in [5.74, 6) is -0.659. The molecule has 0 bridgehead atoms. The van der Waals surface area contributed by atoms with E-state index in [1.807, 2.05) is 13.2 Å². The first-order valence-electron chi connectivity index (χ1n) is 4.68. The Morgan fingerprint density at radius 2 is 2.07 bits per heavy atom. The number of nitrogens with one attached hydrogen (secondary N) is 2. The van der Waals surface area contributed by atoms with Crippen LogP contribution in [0.3, 0.4) is 0 Å². The van der Waals surface area contributed by atoms with Crippen LogP contribution in [0.2, 0.25) is 0 Å². The van der Waals surface area contributed by atoms with Crippen LogP contribution in [-0.2, 0) is 9.59 Å². The van der Waals surface area contributed by atoms with Crippen LogP contribution in [0.15, 0.2) is 0 Å². The zero-order chi connectivity index (χ0) is 11.8. The molecule has 0 fully saturated rings. The van der Waals surface area contributed by atoms with Gasteiger partial charge in [0.05, 0.1) is 6.54 Å². The third kappa shape index (κ3) is 5.64. The topological polar surface area (TPSA) is 78.4 Å². The minimum atomic E-state index is -0.985. The largest absolute Gasteiger partial charge is 0.480 e. The first kappa shape index (κ1) is 14.2. The molecule has 15 heavy (non-hydrogen) atoms. The fraction of sp³-hybridized carbons (Fsp3) is 0.778. The summed E-state index contributed by atoms with van der Waals surface area (Å²) < 4.78 is 0. The molecule has 0 aromatic carbocycles. The van der Waals surface area contributed by atoms with Crippen molar-refractivity contribution >= 4 is 23.6 Å². The fourth-order valence-electron chi connectivity index (χ4n) is 1.19. The third-order valence-corrected chi connectivity index (χ3v) is 2.78. The number of carbonyl (C=O) groups excluding carboxylic acids is 1. The quantitative estimate of drug-likeness (QED) is 0.567. The average molecular weight is 234 g/mol. The van der Waals surface area contributed by atoms with E-state index in [1.165, 1.54) is 0 Å². The lowest BCUT2D eigenvalue weighted by atomic mass is 10.0. The molecule has 0 aliphatic heterocycles. The van der Waals surface area contributed by atoms with Crippen molar-refractivity contribution < 1.29 is 14.7 Å². The van der Waals surface area contributed by atoms with Gasteiger partial charge in [-0.3, -0.25) is 4.79 Å². The number of amides is 1. The molecule has 88 valence electrons. The summed E-state index contributed by atoms with van der Waals surface area (Å²) in [5, 5.41) is 14.1. The van der Waals surface area contributed by atoms with Gasteiger partial charge in [-0.1, -0.05) is 6.92 Å². The molecule has 0 heterocycles. The molecule has 0 saturated carbocycles. The van der Waals surface area contributed by atoms with E-state index < -0.39 is 12.0 Å². The minimum Gasteiger partial charge on any atom is -0.480 e. The highest BCUT2D eigenvalue weighted by Gasteiger charge is 2.25. The average Bonchev–Trinajstić information content (AvgIpc) is 2.14. The van der Waals surface area contributed by atoms with Crippen molar-refractivity contribution in [2.24, 2.45) is 5.92 Å². The molecule has 2 atom stereocenters. The standard InChI is InChI=1S/C9H18N2O3S/c1-6(5-15-3)8(9(13)14)11-7(12)4-10-2/h6,8,10H,4-5H2,1-3H3,(H,11,12)(H,13,14)/t6?,8-/m1/s1. The third-order valence-electron chi connectivity index (χ3n) is 1.92. The minimum absolute atomic E-state index is 0.0849. The van der Waals surface area contributed by atoms with Crippen LogP contribution in [0.1, 0.15) is 6.92 Å². The molecular formula is C9H18N2O3S. The van der Waals surface area contributed by atoms with Crippen molar-refractivity contribution in [3.63, 3.8) is 0 Å². The molecule has 0 aliphatic rings. The van der Waals surface area contributed by atoms with E-state index in [9.17, 15) is 9.59 Å². The predicted octanol–water partition coefficient (Wildman–Crippen LogP) is -0.226. The molecule has 5 nitrogen and oxygen atoms in total. The molecule has 0 aromatic rings. The van der Waals surface area contributed by atoms with Crippen LogP contribution in [0.25, 0.3) is 0 Å². The van der Waals surface area contributed by atoms with E-state index in [0.29, 0.717) is 5.75 Å². The first-order valence-corrected chi connectivity index (χ1v) is 6.08. The Kier molecular flexibility index (Phi) is 7.15. The predicted molar refractivity (Wildman–Crippen MR) is 61.0 cm³/mol. The Morgan fingerprint density at radius 1 is 1.47 bits per heavy atom. The molecule has 6 heteroatoms. The lowest BCUT2D eigenvalue weighted by molar-refractivity contribution is -0.142. The van der Waals surface area contributed by atoms with E-state index in [-0.39, 0.29) is 18.4 Å². The van der Waals surface area contributed by atoms with Gasteiger partial charge >= 0.3 is 5.97 Å². The van der Waals surface area contributed by atoms with E-state index >= 15 is 0 Å². The van der Waals surface area contributed by atoms with E-state index in [1.54, 1.807) is 18.8 Å². The number of likely N-dealkylation sites (N-methyl/N-ethyl adjacent to an activating group) is 1. The first-order chi connectivity index (χ1) is 7.02. The van der Waals surface area contributed by atoms with Crippen LogP contribution in [0.5, 0.6) is 0 Å². The summed E-state index contributed by atoms with van der Waals surface area (Å²) in [6.45, 7) is 1.95. The highest BCUT2D eigenvalue weighted by molar-refractivity contribution is 7.98. The van der Waals surface area contributed by atoms with Gasteiger partial charge in [-0.15, -0.1) is 0 Å². The maximum Gasteiger partial charge on any atom is 0.326 e. The summed E-state index contributed by atoms with van der Waals surface area (Å²) in [4.78, 5) is 22.1. The van der Waals surface area contributed by atoms with Crippen molar-refractivity contribution in [1.29, 1.82) is 0 Å². The summed E-state index contributed by atoms with van der Waals surface area (Å²) in [7, 11) is 1.64. The molecule has 0 aromatic heterocycles. The summed E-state index contributed by atoms with van der Waals surface area (Å²) in [6, 6.07) is -0.807. The molecule has 1 unspecified atom stereocenters. The zero-order valence-corrected chi connectivity index (χ0v) is 10.1. The number of carbonyl (C=O) groups is 2. The highest BCUT2D eigenvalue weighted by Crippen LogP contribution is 2.09. The van der Waals surface area contributed by atoms with Gasteiger partial charge in [0, 0.05) is 0 Å². The number of thioether (sulfide) groups is 1. The van der Waals surface area contributed by atoms with Gasteiger partial charge in [-0.05, 0) is 25.0 Å². The number of carboxylic acids is 1. The van der Waals surface area contributed by atoms with Gasteiger partial charge in [0.15, 0.2) is 0 Å². The second-order valence-electron chi connectivity index (χ2n) is 3.35. The number of aliphatic carboxylic acids is 1. The van der Waals surface area contributed by atoms with Crippen LogP contribution in [-0.4, -0.2) is 48.6 Å². The van der Waals surface area contributed by atoms with Crippen LogP contribution >= 0.6 is 11.8 Å². The van der Waals surface area contributed by atoms with Crippen LogP contribution < -0.4 is 10.6 Å². The number of hydrogen-bond donors (Lipinski definition) is 3. The molecule has 0 aliphatic carbocycles. The molecule has 0 saturated heterocycles. The Morgan fingerprint density at radius 3 is 2.47 bits per heavy atom. The highest BCUT2D eigenvalue weighted by atomic mass is 32.2. The number of carboxylic acid groups (broad SMARTS) is 1. The van der Waals surface area contributed by atoms with Gasteiger partial charge in [-0.25, -0.2) is 4.79 Å². The van der Waals surface area contributed by atoms with Crippen molar-refractivity contribution in [3.8, 4) is 0 Å². The second kappa shape index (κ2) is 7.53. The van der Waals surface area contributed by atoms with Gasteiger partial charge in [0.2, 0.25) is 5.91 Å². The Bertz CT molecular complexity index is 223. The Balaban J connectivity index is 4.27. The SMILES string of the molecule is CNCC(=O)N[C@@H](C(=O)O)C(C)CSC. The lowest BCUT2D eigenvalue weighted by Crippen LogP contribution is -2.48. The van der Waals surface area contributed by atoms with E-state index in [4.69, 9.17) is 5.11 Å². The molecule has 0 rings (SSSR count). The lowest BCUT2D eigenvalue weighted by Gasteiger charge is -2.20.